The van der Waals surface area contributed by atoms with Gasteiger partial charge in [-0.25, -0.2) is 9.52 Å². The van der Waals surface area contributed by atoms with Gasteiger partial charge < -0.3 is 14.6 Å². The van der Waals surface area contributed by atoms with Crippen LogP contribution >= 0.6 is 11.9 Å². The Balaban J connectivity index is 2.10. The van der Waals surface area contributed by atoms with Crippen LogP contribution in [0.2, 0.25) is 0 Å². The molecule has 0 radical (unpaired) electrons. The van der Waals surface area contributed by atoms with Crippen LogP contribution in [0.5, 0.6) is 11.8 Å². The van der Waals surface area contributed by atoms with Crippen LogP contribution in [0.15, 0.2) is 17.6 Å². The van der Waals surface area contributed by atoms with E-state index >= 15 is 0 Å². The zero-order valence-corrected chi connectivity index (χ0v) is 14.5. The minimum Gasteiger partial charge on any atom is -0.481 e. The Labute approximate surface area is 146 Å². The van der Waals surface area contributed by atoms with E-state index in [4.69, 9.17) is 14.6 Å². The summed E-state index contributed by atoms with van der Waals surface area (Å²) in [7, 11) is -1.77. The van der Waals surface area contributed by atoms with Gasteiger partial charge in [-0.1, -0.05) is 0 Å². The largest absolute Gasteiger partial charge is 0.481 e. The lowest BCUT2D eigenvalue weighted by Gasteiger charge is -2.19. The molecular formula is C11H13N5O7S2. The zero-order chi connectivity index (χ0) is 18.6. The van der Waals surface area contributed by atoms with Crippen molar-refractivity contribution in [2.75, 3.05) is 19.5 Å². The molecule has 136 valence electrons. The van der Waals surface area contributed by atoms with Crippen molar-refractivity contribution in [2.45, 2.75) is 6.04 Å². The van der Waals surface area contributed by atoms with Gasteiger partial charge in [0.1, 0.15) is 0 Å². The van der Waals surface area contributed by atoms with Crippen molar-refractivity contribution in [3.05, 3.63) is 17.6 Å². The van der Waals surface area contributed by atoms with Crippen molar-refractivity contribution in [1.29, 1.82) is 0 Å². The highest BCUT2D eigenvalue weighted by Gasteiger charge is 2.38. The number of nitrogens with one attached hydrogen (secondary N) is 2. The third-order valence-corrected chi connectivity index (χ3v) is 5.39. The number of aliphatic carboxylic acids is 1. The van der Waals surface area contributed by atoms with Crippen molar-refractivity contribution in [3.8, 4) is 11.8 Å². The second kappa shape index (κ2) is 7.54. The zero-order valence-electron chi connectivity index (χ0n) is 12.9. The van der Waals surface area contributed by atoms with Crippen LogP contribution in [-0.4, -0.2) is 59.5 Å². The first-order valence-electron chi connectivity index (χ1n) is 6.43. The van der Waals surface area contributed by atoms with Gasteiger partial charge in [0.2, 0.25) is 17.7 Å². The molecule has 0 fully saturated rings. The number of ether oxygens (including phenoxy) is 2. The molecule has 0 bridgehead atoms. The number of rotatable bonds is 6. The molecule has 0 aromatic carbocycles. The van der Waals surface area contributed by atoms with Gasteiger partial charge >= 0.3 is 22.2 Å². The second-order valence-corrected chi connectivity index (χ2v) is 6.97. The maximum absolute atomic E-state index is 12.1. The normalized spacial score (nSPS) is 17.1. The van der Waals surface area contributed by atoms with E-state index in [1.54, 1.807) is 4.72 Å². The van der Waals surface area contributed by atoms with Crippen molar-refractivity contribution in [1.82, 2.24) is 18.4 Å². The molecule has 3 N–H and O–H groups in total. The van der Waals surface area contributed by atoms with E-state index in [1.165, 1.54) is 31.8 Å². The van der Waals surface area contributed by atoms with Gasteiger partial charge in [0.05, 0.1) is 20.3 Å². The monoisotopic (exact) mass is 391 g/mol. The van der Waals surface area contributed by atoms with Crippen molar-refractivity contribution in [3.63, 3.8) is 0 Å². The van der Waals surface area contributed by atoms with Crippen LogP contribution in [0.3, 0.4) is 0 Å². The van der Waals surface area contributed by atoms with Gasteiger partial charge in [-0.05, 0) is 23.4 Å². The van der Waals surface area contributed by atoms with E-state index in [-0.39, 0.29) is 17.7 Å². The van der Waals surface area contributed by atoms with E-state index in [0.29, 0.717) is 15.7 Å². The molecule has 1 atom stereocenters. The lowest BCUT2D eigenvalue weighted by atomic mass is 10.3. The summed E-state index contributed by atoms with van der Waals surface area (Å²) in [6.45, 7) is 0. The fourth-order valence-electron chi connectivity index (χ4n) is 1.64. The Morgan fingerprint density at radius 3 is 2.40 bits per heavy atom. The summed E-state index contributed by atoms with van der Waals surface area (Å²) >= 11 is 0.616. The Kier molecular flexibility index (Phi) is 5.66. The van der Waals surface area contributed by atoms with Crippen LogP contribution in [0.1, 0.15) is 0 Å². The van der Waals surface area contributed by atoms with Crippen LogP contribution in [-0.2, 0) is 15.0 Å². The average molecular weight is 391 g/mol. The number of nitrogens with zero attached hydrogens (tertiary/aromatic N) is 3. The maximum atomic E-state index is 12.1. The van der Waals surface area contributed by atoms with Crippen LogP contribution < -0.4 is 19.5 Å². The summed E-state index contributed by atoms with van der Waals surface area (Å²) in [5, 5.41) is 12.4. The standard InChI is InChI=1S/C11H13N5O7S2/c1-22-7-5-8(23-2)13-10(12-7)14-11(19)15-25(20,21)16-6(9(17)18)3-4-24-16/h3-6H,1-2H3,(H,17,18)(H2,12,13,14,15,19). The fraction of sp³-hybridized carbons (Fsp3) is 0.273. The summed E-state index contributed by atoms with van der Waals surface area (Å²) in [4.78, 5) is 30.5. The average Bonchev–Trinajstić information content (AvgIpc) is 3.04. The summed E-state index contributed by atoms with van der Waals surface area (Å²) in [5.74, 6) is -1.50. The van der Waals surface area contributed by atoms with Gasteiger partial charge in [0.15, 0.2) is 6.04 Å². The molecule has 1 aromatic heterocycles. The summed E-state index contributed by atoms with van der Waals surface area (Å²) in [6.07, 6.45) is 1.17. The topological polar surface area (TPSA) is 160 Å². The Morgan fingerprint density at radius 2 is 1.88 bits per heavy atom. The molecule has 0 saturated carbocycles. The highest BCUT2D eigenvalue weighted by Crippen LogP contribution is 2.27. The number of anilines is 1. The number of hydrogen-bond acceptors (Lipinski definition) is 9. The number of hydrogen-bond donors (Lipinski definition) is 3. The number of carboxylic acid groups (broad SMARTS) is 1. The molecule has 0 spiro atoms. The molecule has 2 rings (SSSR count). The number of carboxylic acids is 1. The van der Waals surface area contributed by atoms with Crippen LogP contribution in [0.4, 0.5) is 10.7 Å². The molecule has 14 heteroatoms. The molecule has 0 aliphatic carbocycles. The Bertz CT molecular complexity index is 791. The van der Waals surface area contributed by atoms with E-state index in [9.17, 15) is 18.0 Å². The van der Waals surface area contributed by atoms with Gasteiger partial charge in [0, 0.05) is 0 Å². The number of amides is 2. The van der Waals surface area contributed by atoms with Gasteiger partial charge in [0.25, 0.3) is 0 Å². The molecule has 1 unspecified atom stereocenters. The quantitative estimate of drug-likeness (QED) is 0.554. The molecule has 1 aromatic rings. The van der Waals surface area contributed by atoms with Gasteiger partial charge in [-0.15, -0.1) is 3.71 Å². The third kappa shape index (κ3) is 4.49. The minimum absolute atomic E-state index is 0.0789. The highest BCUT2D eigenvalue weighted by atomic mass is 32.3. The maximum Gasteiger partial charge on any atom is 0.336 e. The van der Waals surface area contributed by atoms with Crippen LogP contribution in [0.25, 0.3) is 0 Å². The molecule has 2 heterocycles. The molecule has 2 amide bonds. The Morgan fingerprint density at radius 1 is 1.28 bits per heavy atom. The molecule has 25 heavy (non-hydrogen) atoms. The molecule has 1 aliphatic heterocycles. The van der Waals surface area contributed by atoms with E-state index in [0.717, 1.165) is 0 Å². The van der Waals surface area contributed by atoms with E-state index in [2.05, 4.69) is 15.3 Å². The van der Waals surface area contributed by atoms with Gasteiger partial charge in [-0.2, -0.15) is 18.4 Å². The van der Waals surface area contributed by atoms with E-state index in [1.807, 2.05) is 0 Å². The second-order valence-electron chi connectivity index (χ2n) is 4.31. The summed E-state index contributed by atoms with van der Waals surface area (Å²) in [6, 6.07) is -1.26. The number of carbonyl (C=O) groups excluding carboxylic acids is 1. The number of methoxy groups -OCH3 is 2. The summed E-state index contributed by atoms with van der Waals surface area (Å²) in [5.41, 5.74) is 0. The predicted octanol–water partition coefficient (Wildman–Crippen LogP) is -0.209. The third-order valence-electron chi connectivity index (χ3n) is 2.69. The molecule has 12 nitrogen and oxygen atoms in total. The number of carbonyl (C=O) groups is 2. The summed E-state index contributed by atoms with van der Waals surface area (Å²) < 4.78 is 36.3. The SMILES string of the molecule is COc1cc(OC)nc(NC(=O)NS(=O)(=O)N2SC=CC2C(=O)O)n1. The van der Waals surface area contributed by atoms with Crippen molar-refractivity contribution >= 4 is 40.1 Å². The van der Waals surface area contributed by atoms with E-state index < -0.39 is 28.3 Å². The van der Waals surface area contributed by atoms with Crippen LogP contribution in [0, 0.1) is 0 Å². The first kappa shape index (κ1) is 18.8. The predicted molar refractivity (Wildman–Crippen MR) is 86.2 cm³/mol. The van der Waals surface area contributed by atoms with Gasteiger partial charge in [-0.3, -0.25) is 10.1 Å². The number of urea groups is 1. The molecular weight excluding hydrogens is 378 g/mol. The number of aromatic nitrogens is 2. The molecule has 1 aliphatic rings. The highest BCUT2D eigenvalue weighted by molar-refractivity contribution is 8.10. The fourth-order valence-corrected chi connectivity index (χ4v) is 3.82. The lowest BCUT2D eigenvalue weighted by molar-refractivity contribution is -0.138. The smallest absolute Gasteiger partial charge is 0.336 e. The van der Waals surface area contributed by atoms with Crippen molar-refractivity contribution in [2.24, 2.45) is 0 Å². The Hall–Kier alpha value is -2.58. The molecule has 0 saturated heterocycles. The lowest BCUT2D eigenvalue weighted by Crippen LogP contribution is -2.46. The first-order chi connectivity index (χ1) is 11.8. The first-order valence-corrected chi connectivity index (χ1v) is 8.71. The van der Waals surface area contributed by atoms with Crippen molar-refractivity contribution < 1.29 is 32.6 Å². The minimum atomic E-state index is -4.43.